The number of halogens is 1. The van der Waals surface area contributed by atoms with E-state index in [0.29, 0.717) is 0 Å². The van der Waals surface area contributed by atoms with Gasteiger partial charge >= 0.3 is 0 Å². The van der Waals surface area contributed by atoms with Crippen LogP contribution in [0.5, 0.6) is 5.75 Å². The van der Waals surface area contributed by atoms with Crippen molar-refractivity contribution in [2.24, 2.45) is 4.99 Å². The highest BCUT2D eigenvalue weighted by atomic mass is 127. The highest BCUT2D eigenvalue weighted by molar-refractivity contribution is 14.0. The lowest BCUT2D eigenvalue weighted by Crippen LogP contribution is -2.53. The molecule has 1 aromatic carbocycles. The van der Waals surface area contributed by atoms with Gasteiger partial charge in [-0.2, -0.15) is 0 Å². The molecule has 9 heteroatoms. The van der Waals surface area contributed by atoms with Gasteiger partial charge in [0, 0.05) is 65.7 Å². The number of hydrogen-bond acceptors (Lipinski definition) is 5. The predicted octanol–water partition coefficient (Wildman–Crippen LogP) is 1.90. The van der Waals surface area contributed by atoms with Crippen molar-refractivity contribution in [3.8, 4) is 5.75 Å². The fraction of sp³-hybridized carbons (Fsp3) is 0.619. The highest BCUT2D eigenvalue weighted by Gasteiger charge is 2.20. The Morgan fingerprint density at radius 2 is 1.83 bits per heavy atom. The summed E-state index contributed by atoms with van der Waals surface area (Å²) in [5.74, 6) is 1.66. The van der Waals surface area contributed by atoms with Gasteiger partial charge in [0.05, 0.1) is 7.11 Å². The number of anilines is 1. The molecule has 1 amide bonds. The molecule has 1 fully saturated rings. The first-order valence-electron chi connectivity index (χ1n) is 10.2. The standard InChI is InChI=1S/C21H35N5O3.HI/c1-5-29-16-6-11-22-21(23-17-20(27)24(2)3)26-14-12-25(13-15-26)18-7-9-19(28-4)10-8-18;/h7-10H,5-6,11-17H2,1-4H3,(H,22,23);1H. The van der Waals surface area contributed by atoms with E-state index in [9.17, 15) is 4.79 Å². The predicted molar refractivity (Wildman–Crippen MR) is 132 cm³/mol. The summed E-state index contributed by atoms with van der Waals surface area (Å²) in [5.41, 5.74) is 1.19. The van der Waals surface area contributed by atoms with E-state index < -0.39 is 0 Å². The fourth-order valence-electron chi connectivity index (χ4n) is 3.04. The maximum atomic E-state index is 12.0. The molecule has 0 radical (unpaired) electrons. The van der Waals surface area contributed by atoms with Crippen LogP contribution in [0.2, 0.25) is 0 Å². The molecule has 0 spiro atoms. The minimum atomic E-state index is -0.00418. The summed E-state index contributed by atoms with van der Waals surface area (Å²) >= 11 is 0. The summed E-state index contributed by atoms with van der Waals surface area (Å²) < 4.78 is 10.6. The lowest BCUT2D eigenvalue weighted by Gasteiger charge is -2.37. The van der Waals surface area contributed by atoms with Crippen LogP contribution in [0.4, 0.5) is 5.69 Å². The maximum Gasteiger partial charge on any atom is 0.243 e. The van der Waals surface area contributed by atoms with Crippen LogP contribution in [0.25, 0.3) is 0 Å². The molecular weight excluding hydrogens is 497 g/mol. The quantitative estimate of drug-likeness (QED) is 0.227. The first-order chi connectivity index (χ1) is 14.0. The van der Waals surface area contributed by atoms with Gasteiger partial charge in [-0.3, -0.25) is 4.79 Å². The minimum Gasteiger partial charge on any atom is -0.497 e. The Morgan fingerprint density at radius 1 is 1.17 bits per heavy atom. The van der Waals surface area contributed by atoms with E-state index in [1.165, 1.54) is 5.69 Å². The van der Waals surface area contributed by atoms with Gasteiger partial charge in [0.1, 0.15) is 12.3 Å². The molecule has 30 heavy (non-hydrogen) atoms. The van der Waals surface area contributed by atoms with Gasteiger partial charge in [0.25, 0.3) is 0 Å². The molecule has 0 unspecified atom stereocenters. The zero-order chi connectivity index (χ0) is 21.1. The van der Waals surface area contributed by atoms with Gasteiger partial charge in [-0.1, -0.05) is 0 Å². The Kier molecular flexibility index (Phi) is 12.5. The molecule has 1 heterocycles. The van der Waals surface area contributed by atoms with Crippen molar-refractivity contribution in [3.63, 3.8) is 0 Å². The van der Waals surface area contributed by atoms with Crippen LogP contribution in [0.1, 0.15) is 13.3 Å². The van der Waals surface area contributed by atoms with Crippen molar-refractivity contribution in [2.75, 3.05) is 78.6 Å². The summed E-state index contributed by atoms with van der Waals surface area (Å²) in [6, 6.07) is 8.15. The summed E-state index contributed by atoms with van der Waals surface area (Å²) in [6.45, 7) is 7.85. The van der Waals surface area contributed by atoms with Crippen molar-refractivity contribution in [1.82, 2.24) is 15.1 Å². The maximum absolute atomic E-state index is 12.0. The van der Waals surface area contributed by atoms with E-state index in [1.54, 1.807) is 26.1 Å². The van der Waals surface area contributed by atoms with E-state index in [4.69, 9.17) is 9.47 Å². The van der Waals surface area contributed by atoms with Crippen LogP contribution in [0.3, 0.4) is 0 Å². The third-order valence-electron chi connectivity index (χ3n) is 4.83. The first kappa shape index (κ1) is 26.3. The topological polar surface area (TPSA) is 69.6 Å². The molecule has 1 saturated heterocycles. The molecule has 1 aromatic rings. The van der Waals surface area contributed by atoms with Crippen molar-refractivity contribution in [1.29, 1.82) is 0 Å². The van der Waals surface area contributed by atoms with Crippen molar-refractivity contribution in [3.05, 3.63) is 24.3 Å². The Morgan fingerprint density at radius 3 is 2.40 bits per heavy atom. The number of guanidine groups is 1. The smallest absolute Gasteiger partial charge is 0.243 e. The number of piperazine rings is 1. The molecule has 1 aliphatic rings. The number of ether oxygens (including phenoxy) is 2. The third-order valence-corrected chi connectivity index (χ3v) is 4.83. The summed E-state index contributed by atoms with van der Waals surface area (Å²) in [4.78, 5) is 22.7. The Bertz CT molecular complexity index is 647. The zero-order valence-corrected chi connectivity index (χ0v) is 20.9. The van der Waals surface area contributed by atoms with Crippen LogP contribution in [0.15, 0.2) is 29.3 Å². The first-order valence-corrected chi connectivity index (χ1v) is 10.2. The summed E-state index contributed by atoms with van der Waals surface area (Å²) in [7, 11) is 5.18. The number of rotatable bonds is 9. The monoisotopic (exact) mass is 533 g/mol. The van der Waals surface area contributed by atoms with Gasteiger partial charge in [0.15, 0.2) is 5.96 Å². The van der Waals surface area contributed by atoms with Crippen LogP contribution in [-0.4, -0.2) is 95.4 Å². The number of methoxy groups -OCH3 is 1. The number of nitrogens with one attached hydrogen (secondary N) is 1. The lowest BCUT2D eigenvalue weighted by atomic mass is 10.2. The highest BCUT2D eigenvalue weighted by Crippen LogP contribution is 2.20. The van der Waals surface area contributed by atoms with E-state index >= 15 is 0 Å². The number of hydrogen-bond donors (Lipinski definition) is 1. The average molecular weight is 533 g/mol. The van der Waals surface area contributed by atoms with Gasteiger partial charge in [-0.15, -0.1) is 24.0 Å². The van der Waals surface area contributed by atoms with Crippen LogP contribution < -0.4 is 15.0 Å². The van der Waals surface area contributed by atoms with Crippen LogP contribution in [-0.2, 0) is 9.53 Å². The summed E-state index contributed by atoms with van der Waals surface area (Å²) in [6.07, 6.45) is 0.903. The molecule has 0 aliphatic carbocycles. The van der Waals surface area contributed by atoms with Gasteiger partial charge in [-0.25, -0.2) is 4.99 Å². The van der Waals surface area contributed by atoms with Crippen LogP contribution in [0, 0.1) is 0 Å². The normalized spacial score (nSPS) is 14.2. The van der Waals surface area contributed by atoms with Crippen molar-refractivity contribution >= 4 is 41.5 Å². The molecule has 0 aromatic heterocycles. The number of aliphatic imine (C=N–C) groups is 1. The second-order valence-electron chi connectivity index (χ2n) is 7.08. The van der Waals surface area contributed by atoms with E-state index in [0.717, 1.165) is 64.1 Å². The lowest BCUT2D eigenvalue weighted by molar-refractivity contribution is -0.127. The Hall–Kier alpha value is -1.75. The molecule has 170 valence electrons. The molecule has 0 atom stereocenters. The number of benzene rings is 1. The number of amides is 1. The van der Waals surface area contributed by atoms with Gasteiger partial charge < -0.3 is 29.5 Å². The van der Waals surface area contributed by atoms with Crippen molar-refractivity contribution in [2.45, 2.75) is 13.3 Å². The van der Waals surface area contributed by atoms with Crippen molar-refractivity contribution < 1.29 is 14.3 Å². The number of carbonyl (C=O) groups excluding carboxylic acids is 1. The summed E-state index contributed by atoms with van der Waals surface area (Å²) in [5, 5.41) is 3.40. The minimum absolute atomic E-state index is 0. The molecule has 1 aliphatic heterocycles. The third kappa shape index (κ3) is 8.55. The molecule has 0 saturated carbocycles. The molecule has 8 nitrogen and oxygen atoms in total. The number of carbonyl (C=O) groups is 1. The number of nitrogens with zero attached hydrogens (tertiary/aromatic N) is 4. The number of likely N-dealkylation sites (N-methyl/N-ethyl adjacent to an activating group) is 1. The van der Waals surface area contributed by atoms with E-state index in [-0.39, 0.29) is 36.4 Å². The largest absolute Gasteiger partial charge is 0.497 e. The zero-order valence-electron chi connectivity index (χ0n) is 18.6. The fourth-order valence-corrected chi connectivity index (χ4v) is 3.04. The average Bonchev–Trinajstić information content (AvgIpc) is 2.75. The second-order valence-corrected chi connectivity index (χ2v) is 7.08. The molecule has 2 rings (SSSR count). The van der Waals surface area contributed by atoms with Gasteiger partial charge in [-0.05, 0) is 37.6 Å². The Balaban J connectivity index is 0.00000450. The molecule has 1 N–H and O–H groups in total. The molecular formula is C21H36IN5O3. The molecule has 0 bridgehead atoms. The van der Waals surface area contributed by atoms with E-state index in [2.05, 4.69) is 32.2 Å². The SMILES string of the molecule is CCOCCCNC(=NCC(=O)N(C)C)N1CCN(c2ccc(OC)cc2)CC1.I. The van der Waals surface area contributed by atoms with E-state index in [1.807, 2.05) is 19.1 Å². The second kappa shape index (κ2) is 14.3. The van der Waals surface area contributed by atoms with Crippen LogP contribution >= 0.6 is 24.0 Å². The Labute approximate surface area is 197 Å². The van der Waals surface area contributed by atoms with Gasteiger partial charge in [0.2, 0.25) is 5.91 Å².